The summed E-state index contributed by atoms with van der Waals surface area (Å²) in [6, 6.07) is 7.40. The molecule has 0 spiro atoms. The highest BCUT2D eigenvalue weighted by Gasteiger charge is 2.18. The molecule has 0 saturated heterocycles. The van der Waals surface area contributed by atoms with Gasteiger partial charge in [0.25, 0.3) is 5.91 Å². The second kappa shape index (κ2) is 7.25. The van der Waals surface area contributed by atoms with Crippen LogP contribution in [0.4, 0.5) is 0 Å². The smallest absolute Gasteiger partial charge is 0.255 e. The van der Waals surface area contributed by atoms with E-state index in [1.54, 1.807) is 23.5 Å². The molecule has 0 aliphatic carbocycles. The minimum absolute atomic E-state index is 0.0237. The van der Waals surface area contributed by atoms with Crippen LogP contribution in [0.1, 0.15) is 29.3 Å². The molecule has 2 rings (SSSR count). The molecular formula is C15H15BrClNOS. The number of carbonyl (C=O) groups excluding carboxylic acids is 1. The molecular weight excluding hydrogens is 358 g/mol. The molecule has 0 bridgehead atoms. The lowest BCUT2D eigenvalue weighted by molar-refractivity contribution is 0.0743. The summed E-state index contributed by atoms with van der Waals surface area (Å²) in [6.45, 7) is 3.41. The van der Waals surface area contributed by atoms with E-state index in [4.69, 9.17) is 11.6 Å². The number of carbonyl (C=O) groups is 1. The predicted octanol–water partition coefficient (Wildman–Crippen LogP) is 5.22. The Morgan fingerprint density at radius 1 is 1.40 bits per heavy atom. The number of rotatable bonds is 5. The Bertz CT molecular complexity index is 586. The van der Waals surface area contributed by atoms with Crippen LogP contribution in [0.3, 0.4) is 0 Å². The van der Waals surface area contributed by atoms with Crippen molar-refractivity contribution in [1.29, 1.82) is 0 Å². The van der Waals surface area contributed by atoms with Crippen molar-refractivity contribution in [1.82, 2.24) is 4.90 Å². The zero-order valence-corrected chi connectivity index (χ0v) is 14.3. The lowest BCUT2D eigenvalue weighted by Gasteiger charge is -2.22. The van der Waals surface area contributed by atoms with Gasteiger partial charge in [0.15, 0.2) is 0 Å². The molecule has 1 aromatic heterocycles. The van der Waals surface area contributed by atoms with E-state index in [1.807, 2.05) is 22.4 Å². The van der Waals surface area contributed by atoms with Crippen LogP contribution < -0.4 is 0 Å². The van der Waals surface area contributed by atoms with Gasteiger partial charge < -0.3 is 4.90 Å². The summed E-state index contributed by atoms with van der Waals surface area (Å²) in [4.78, 5) is 14.5. The van der Waals surface area contributed by atoms with Gasteiger partial charge in [0, 0.05) is 17.6 Å². The number of thiophene rings is 1. The van der Waals surface area contributed by atoms with Gasteiger partial charge in [-0.15, -0.1) is 0 Å². The zero-order chi connectivity index (χ0) is 14.5. The molecule has 1 amide bonds. The van der Waals surface area contributed by atoms with Crippen molar-refractivity contribution in [3.63, 3.8) is 0 Å². The first kappa shape index (κ1) is 15.5. The maximum Gasteiger partial charge on any atom is 0.255 e. The average Bonchev–Trinajstić information content (AvgIpc) is 2.93. The molecule has 1 heterocycles. The highest BCUT2D eigenvalue weighted by molar-refractivity contribution is 9.10. The van der Waals surface area contributed by atoms with Crippen LogP contribution in [0.25, 0.3) is 0 Å². The fraction of sp³-hybridized carbons (Fsp3) is 0.267. The van der Waals surface area contributed by atoms with Gasteiger partial charge in [0.2, 0.25) is 0 Å². The minimum Gasteiger partial charge on any atom is -0.334 e. The van der Waals surface area contributed by atoms with E-state index < -0.39 is 0 Å². The normalized spacial score (nSPS) is 10.6. The summed E-state index contributed by atoms with van der Waals surface area (Å²) in [5, 5.41) is 4.58. The van der Waals surface area contributed by atoms with Crippen LogP contribution in [0, 0.1) is 0 Å². The van der Waals surface area contributed by atoms with Crippen molar-refractivity contribution in [2.24, 2.45) is 0 Å². The van der Waals surface area contributed by atoms with Gasteiger partial charge in [-0.25, -0.2) is 0 Å². The Hall–Kier alpha value is -0.840. The van der Waals surface area contributed by atoms with Gasteiger partial charge in [-0.05, 0) is 47.0 Å². The molecule has 2 nitrogen and oxygen atoms in total. The summed E-state index contributed by atoms with van der Waals surface area (Å²) >= 11 is 11.2. The van der Waals surface area contributed by atoms with E-state index >= 15 is 0 Å². The Morgan fingerprint density at radius 2 is 2.20 bits per heavy atom. The SMILES string of the molecule is CCCN(Cc1ccsc1)C(=O)c1cc(Br)ccc1Cl. The fourth-order valence-corrected chi connectivity index (χ4v) is 3.18. The molecule has 0 fully saturated rings. The molecule has 20 heavy (non-hydrogen) atoms. The number of nitrogens with zero attached hydrogens (tertiary/aromatic N) is 1. The van der Waals surface area contributed by atoms with Crippen molar-refractivity contribution in [2.45, 2.75) is 19.9 Å². The van der Waals surface area contributed by atoms with Crippen LogP contribution in [-0.2, 0) is 6.54 Å². The molecule has 0 radical (unpaired) electrons. The third kappa shape index (κ3) is 3.84. The number of halogens is 2. The highest BCUT2D eigenvalue weighted by Crippen LogP contribution is 2.23. The molecule has 5 heteroatoms. The predicted molar refractivity (Wildman–Crippen MR) is 88.5 cm³/mol. The lowest BCUT2D eigenvalue weighted by atomic mass is 10.1. The number of benzene rings is 1. The van der Waals surface area contributed by atoms with Crippen LogP contribution in [0.5, 0.6) is 0 Å². The Kier molecular flexibility index (Phi) is 5.64. The van der Waals surface area contributed by atoms with Crippen molar-refractivity contribution in [2.75, 3.05) is 6.54 Å². The number of amides is 1. The van der Waals surface area contributed by atoms with Gasteiger partial charge in [0.05, 0.1) is 10.6 Å². The summed E-state index contributed by atoms with van der Waals surface area (Å²) in [5.74, 6) is -0.0237. The van der Waals surface area contributed by atoms with Gasteiger partial charge >= 0.3 is 0 Å². The second-order valence-corrected chi connectivity index (χ2v) is 6.59. The molecule has 1 aromatic carbocycles. The van der Waals surface area contributed by atoms with Crippen LogP contribution in [0.15, 0.2) is 39.5 Å². The van der Waals surface area contributed by atoms with E-state index in [9.17, 15) is 4.79 Å². The second-order valence-electron chi connectivity index (χ2n) is 4.48. The standard InChI is InChI=1S/C15H15BrClNOS/c1-2-6-18(9-11-5-7-20-10-11)15(19)13-8-12(16)3-4-14(13)17/h3-5,7-8,10H,2,6,9H2,1H3. The molecule has 0 saturated carbocycles. The van der Waals surface area contributed by atoms with Crippen molar-refractivity contribution < 1.29 is 4.79 Å². The molecule has 0 aliphatic heterocycles. The topological polar surface area (TPSA) is 20.3 Å². The quantitative estimate of drug-likeness (QED) is 0.705. The Morgan fingerprint density at radius 3 is 2.85 bits per heavy atom. The number of hydrogen-bond donors (Lipinski definition) is 0. The minimum atomic E-state index is -0.0237. The molecule has 0 N–H and O–H groups in total. The lowest BCUT2D eigenvalue weighted by Crippen LogP contribution is -2.31. The molecule has 0 atom stereocenters. The van der Waals surface area contributed by atoms with Crippen molar-refractivity contribution >= 4 is 44.8 Å². The van der Waals surface area contributed by atoms with E-state index in [0.717, 1.165) is 23.0 Å². The maximum absolute atomic E-state index is 12.7. The average molecular weight is 373 g/mol. The maximum atomic E-state index is 12.7. The van der Waals surface area contributed by atoms with Crippen LogP contribution >= 0.6 is 38.9 Å². The first-order valence-corrected chi connectivity index (χ1v) is 8.48. The summed E-state index contributed by atoms with van der Waals surface area (Å²) < 4.78 is 0.859. The molecule has 2 aromatic rings. The van der Waals surface area contributed by atoms with E-state index in [-0.39, 0.29) is 5.91 Å². The van der Waals surface area contributed by atoms with Gasteiger partial charge in [-0.1, -0.05) is 34.5 Å². The zero-order valence-electron chi connectivity index (χ0n) is 11.1. The first-order valence-electron chi connectivity index (χ1n) is 6.37. The third-order valence-corrected chi connectivity index (χ3v) is 4.45. The third-order valence-electron chi connectivity index (χ3n) is 2.89. The monoisotopic (exact) mass is 371 g/mol. The van der Waals surface area contributed by atoms with E-state index in [0.29, 0.717) is 17.1 Å². The molecule has 106 valence electrons. The number of hydrogen-bond acceptors (Lipinski definition) is 2. The highest BCUT2D eigenvalue weighted by atomic mass is 79.9. The van der Waals surface area contributed by atoms with Crippen molar-refractivity contribution in [3.05, 3.63) is 55.6 Å². The molecule has 0 unspecified atom stereocenters. The fourth-order valence-electron chi connectivity index (χ4n) is 1.96. The van der Waals surface area contributed by atoms with Gasteiger partial charge in [-0.2, -0.15) is 11.3 Å². The van der Waals surface area contributed by atoms with Gasteiger partial charge in [-0.3, -0.25) is 4.79 Å². The first-order chi connectivity index (χ1) is 9.61. The Labute approximate surface area is 136 Å². The van der Waals surface area contributed by atoms with Crippen molar-refractivity contribution in [3.8, 4) is 0 Å². The van der Waals surface area contributed by atoms with E-state index in [1.165, 1.54) is 0 Å². The van der Waals surface area contributed by atoms with E-state index in [2.05, 4.69) is 28.2 Å². The Balaban J connectivity index is 2.24. The molecule has 0 aliphatic rings. The summed E-state index contributed by atoms with van der Waals surface area (Å²) in [6.07, 6.45) is 0.918. The van der Waals surface area contributed by atoms with Crippen LogP contribution in [0.2, 0.25) is 5.02 Å². The largest absolute Gasteiger partial charge is 0.334 e. The summed E-state index contributed by atoms with van der Waals surface area (Å²) in [7, 11) is 0. The summed E-state index contributed by atoms with van der Waals surface area (Å²) in [5.41, 5.74) is 1.70. The van der Waals surface area contributed by atoms with Gasteiger partial charge in [0.1, 0.15) is 0 Å². The van der Waals surface area contributed by atoms with Crippen LogP contribution in [-0.4, -0.2) is 17.4 Å².